The molecular formula is C12H25ClN2O2S. The summed E-state index contributed by atoms with van der Waals surface area (Å²) in [5, 5.41) is 0. The Hall–Kier alpha value is 0.160. The summed E-state index contributed by atoms with van der Waals surface area (Å²) in [4.78, 5) is 2.33. The molecule has 6 heteroatoms. The summed E-state index contributed by atoms with van der Waals surface area (Å²) < 4.78 is 26.5. The van der Waals surface area contributed by atoms with Crippen LogP contribution in [0.15, 0.2) is 0 Å². The monoisotopic (exact) mass is 296 g/mol. The molecule has 1 N–H and O–H groups in total. The SMILES string of the molecule is CC(CCl)CS(=O)(=O)NC(C)CN1CCCCC1. The number of nitrogens with one attached hydrogen (secondary N) is 1. The molecule has 1 fully saturated rings. The van der Waals surface area contributed by atoms with Crippen molar-refractivity contribution in [1.29, 1.82) is 0 Å². The molecule has 0 bridgehead atoms. The topological polar surface area (TPSA) is 49.4 Å². The van der Waals surface area contributed by atoms with Gasteiger partial charge in [0.05, 0.1) is 5.75 Å². The van der Waals surface area contributed by atoms with Gasteiger partial charge in [0.15, 0.2) is 0 Å². The van der Waals surface area contributed by atoms with Crippen LogP contribution in [-0.2, 0) is 10.0 Å². The molecule has 0 aliphatic carbocycles. The van der Waals surface area contributed by atoms with E-state index in [-0.39, 0.29) is 17.7 Å². The number of sulfonamides is 1. The maximum Gasteiger partial charge on any atom is 0.212 e. The molecule has 1 aliphatic heterocycles. The fourth-order valence-electron chi connectivity index (χ4n) is 2.34. The van der Waals surface area contributed by atoms with Gasteiger partial charge >= 0.3 is 0 Å². The molecule has 0 aromatic carbocycles. The normalized spacial score (nSPS) is 21.7. The van der Waals surface area contributed by atoms with E-state index < -0.39 is 10.0 Å². The fraction of sp³-hybridized carbons (Fsp3) is 1.00. The van der Waals surface area contributed by atoms with Crippen molar-refractivity contribution in [3.8, 4) is 0 Å². The van der Waals surface area contributed by atoms with E-state index in [4.69, 9.17) is 11.6 Å². The molecule has 1 rings (SSSR count). The summed E-state index contributed by atoms with van der Waals surface area (Å²) in [6, 6.07) is -0.0318. The van der Waals surface area contributed by atoms with E-state index in [0.29, 0.717) is 5.88 Å². The van der Waals surface area contributed by atoms with Crippen LogP contribution in [0.2, 0.25) is 0 Å². The molecule has 0 aromatic heterocycles. The first-order chi connectivity index (χ1) is 8.43. The average Bonchev–Trinajstić information content (AvgIpc) is 2.28. The zero-order valence-electron chi connectivity index (χ0n) is 11.4. The van der Waals surface area contributed by atoms with Crippen molar-refractivity contribution in [3.05, 3.63) is 0 Å². The predicted octanol–water partition coefficient (Wildman–Crippen LogP) is 1.66. The molecule has 0 aromatic rings. The smallest absolute Gasteiger partial charge is 0.212 e. The van der Waals surface area contributed by atoms with E-state index in [1.165, 1.54) is 19.3 Å². The second-order valence-corrected chi connectivity index (χ2v) is 7.53. The lowest BCUT2D eigenvalue weighted by atomic mass is 10.1. The molecule has 108 valence electrons. The number of hydrogen-bond donors (Lipinski definition) is 1. The Morgan fingerprint density at radius 3 is 2.39 bits per heavy atom. The van der Waals surface area contributed by atoms with Crippen LogP contribution in [0.25, 0.3) is 0 Å². The van der Waals surface area contributed by atoms with Crippen LogP contribution in [0.5, 0.6) is 0 Å². The Kier molecular flexibility index (Phi) is 6.92. The highest BCUT2D eigenvalue weighted by Gasteiger charge is 2.20. The lowest BCUT2D eigenvalue weighted by molar-refractivity contribution is 0.215. The minimum Gasteiger partial charge on any atom is -0.302 e. The largest absolute Gasteiger partial charge is 0.302 e. The van der Waals surface area contributed by atoms with Gasteiger partial charge in [-0.3, -0.25) is 0 Å². The van der Waals surface area contributed by atoms with Gasteiger partial charge < -0.3 is 4.90 Å². The standard InChI is InChI=1S/C12H25ClN2O2S/c1-11(8-13)10-18(16,17)14-12(2)9-15-6-4-3-5-7-15/h11-12,14H,3-10H2,1-2H3. The molecule has 1 aliphatic rings. The van der Waals surface area contributed by atoms with E-state index in [2.05, 4.69) is 9.62 Å². The van der Waals surface area contributed by atoms with E-state index in [9.17, 15) is 8.42 Å². The minimum absolute atomic E-state index is 0.00801. The average molecular weight is 297 g/mol. The maximum absolute atomic E-state index is 11.9. The quantitative estimate of drug-likeness (QED) is 0.727. The summed E-state index contributed by atoms with van der Waals surface area (Å²) in [7, 11) is -3.20. The maximum atomic E-state index is 11.9. The van der Waals surface area contributed by atoms with Crippen LogP contribution < -0.4 is 4.72 Å². The number of alkyl halides is 1. The number of piperidine rings is 1. The molecule has 0 spiro atoms. The molecule has 1 heterocycles. The molecule has 18 heavy (non-hydrogen) atoms. The summed E-state index contributed by atoms with van der Waals surface area (Å²) in [6.07, 6.45) is 3.75. The lowest BCUT2D eigenvalue weighted by Gasteiger charge is -2.29. The zero-order chi connectivity index (χ0) is 13.6. The Morgan fingerprint density at radius 2 is 1.83 bits per heavy atom. The summed E-state index contributed by atoms with van der Waals surface area (Å²) in [5.41, 5.74) is 0. The Morgan fingerprint density at radius 1 is 1.22 bits per heavy atom. The van der Waals surface area contributed by atoms with Gasteiger partial charge in [-0.05, 0) is 38.8 Å². The molecule has 0 saturated carbocycles. The van der Waals surface area contributed by atoms with Gasteiger partial charge in [0, 0.05) is 18.5 Å². The first-order valence-electron chi connectivity index (χ1n) is 6.71. The van der Waals surface area contributed by atoms with Crippen molar-refractivity contribution < 1.29 is 8.42 Å². The highest BCUT2D eigenvalue weighted by atomic mass is 35.5. The Balaban J connectivity index is 2.35. The molecule has 4 nitrogen and oxygen atoms in total. The third-order valence-electron chi connectivity index (χ3n) is 3.13. The Bertz CT molecular complexity index is 329. The number of halogens is 1. The van der Waals surface area contributed by atoms with Crippen molar-refractivity contribution in [1.82, 2.24) is 9.62 Å². The van der Waals surface area contributed by atoms with Gasteiger partial charge in [-0.15, -0.1) is 11.6 Å². The molecule has 0 radical (unpaired) electrons. The third kappa shape index (κ3) is 6.36. The summed E-state index contributed by atoms with van der Waals surface area (Å²) in [5.74, 6) is 0.480. The van der Waals surface area contributed by atoms with Crippen molar-refractivity contribution in [3.63, 3.8) is 0 Å². The van der Waals surface area contributed by atoms with Crippen LogP contribution in [0.3, 0.4) is 0 Å². The van der Waals surface area contributed by atoms with E-state index >= 15 is 0 Å². The first kappa shape index (κ1) is 16.2. The molecule has 1 saturated heterocycles. The molecule has 0 amide bonds. The van der Waals surface area contributed by atoms with Gasteiger partial charge in [0.2, 0.25) is 10.0 Å². The first-order valence-corrected chi connectivity index (χ1v) is 8.90. The molecular weight excluding hydrogens is 272 g/mol. The van der Waals surface area contributed by atoms with Gasteiger partial charge in [0.1, 0.15) is 0 Å². The number of likely N-dealkylation sites (tertiary alicyclic amines) is 1. The summed E-state index contributed by atoms with van der Waals surface area (Å²) >= 11 is 5.65. The second kappa shape index (κ2) is 7.68. The number of rotatable bonds is 7. The number of nitrogens with zero attached hydrogens (tertiary/aromatic N) is 1. The second-order valence-electron chi connectivity index (χ2n) is 5.42. The van der Waals surface area contributed by atoms with Crippen LogP contribution >= 0.6 is 11.6 Å². The van der Waals surface area contributed by atoms with Crippen LogP contribution in [0, 0.1) is 5.92 Å². The minimum atomic E-state index is -3.20. The number of hydrogen-bond acceptors (Lipinski definition) is 3. The zero-order valence-corrected chi connectivity index (χ0v) is 12.9. The molecule has 2 atom stereocenters. The lowest BCUT2D eigenvalue weighted by Crippen LogP contribution is -2.44. The van der Waals surface area contributed by atoms with E-state index in [1.54, 1.807) is 0 Å². The van der Waals surface area contributed by atoms with Gasteiger partial charge in [-0.2, -0.15) is 0 Å². The predicted molar refractivity (Wildman–Crippen MR) is 76.6 cm³/mol. The van der Waals surface area contributed by atoms with Crippen LogP contribution in [0.4, 0.5) is 0 Å². The van der Waals surface area contributed by atoms with Crippen molar-refractivity contribution in [2.45, 2.75) is 39.2 Å². The highest BCUT2D eigenvalue weighted by Crippen LogP contribution is 2.09. The molecule has 2 unspecified atom stereocenters. The highest BCUT2D eigenvalue weighted by molar-refractivity contribution is 7.89. The van der Waals surface area contributed by atoms with Crippen molar-refractivity contribution in [2.24, 2.45) is 5.92 Å². The van der Waals surface area contributed by atoms with E-state index in [0.717, 1.165) is 19.6 Å². The summed E-state index contributed by atoms with van der Waals surface area (Å²) in [6.45, 7) is 6.75. The third-order valence-corrected chi connectivity index (χ3v) is 5.43. The van der Waals surface area contributed by atoms with Gasteiger partial charge in [-0.25, -0.2) is 13.1 Å². The Labute approximate surface area is 116 Å². The van der Waals surface area contributed by atoms with Crippen molar-refractivity contribution >= 4 is 21.6 Å². The fourth-order valence-corrected chi connectivity index (χ4v) is 4.23. The van der Waals surface area contributed by atoms with Crippen molar-refractivity contribution in [2.75, 3.05) is 31.3 Å². The van der Waals surface area contributed by atoms with Gasteiger partial charge in [0.25, 0.3) is 0 Å². The van der Waals surface area contributed by atoms with E-state index in [1.807, 2.05) is 13.8 Å². The van der Waals surface area contributed by atoms with Gasteiger partial charge in [-0.1, -0.05) is 13.3 Å². The van der Waals surface area contributed by atoms with Crippen LogP contribution in [-0.4, -0.2) is 50.6 Å². The van der Waals surface area contributed by atoms with Crippen LogP contribution in [0.1, 0.15) is 33.1 Å².